The van der Waals surface area contributed by atoms with Crippen molar-refractivity contribution < 1.29 is 55.7 Å². The van der Waals surface area contributed by atoms with Crippen molar-refractivity contribution in [1.29, 1.82) is 0 Å². The molecule has 4 rings (SSSR count). The van der Waals surface area contributed by atoms with Gasteiger partial charge in [0.05, 0.1) is 42.6 Å². The number of anilines is 2. The van der Waals surface area contributed by atoms with Gasteiger partial charge in [0.25, 0.3) is 15.9 Å². The van der Waals surface area contributed by atoms with Crippen molar-refractivity contribution in [3.63, 3.8) is 0 Å². The zero-order valence-electron chi connectivity index (χ0n) is 22.3. The fourth-order valence-corrected chi connectivity index (χ4v) is 7.08. The number of hydrazone groups is 1. The van der Waals surface area contributed by atoms with Gasteiger partial charge >= 0.3 is 29.6 Å². The second kappa shape index (κ2) is 12.9. The number of para-hydroxylation sites is 1. The van der Waals surface area contributed by atoms with Crippen LogP contribution in [0.2, 0.25) is 10.0 Å². The minimum Gasteiger partial charge on any atom is -0.744 e. The molecular weight excluding hydrogens is 624 g/mol. The van der Waals surface area contributed by atoms with Crippen molar-refractivity contribution in [2.75, 3.05) is 15.9 Å². The van der Waals surface area contributed by atoms with Gasteiger partial charge in [-0.05, 0) is 62.7 Å². The summed E-state index contributed by atoms with van der Waals surface area (Å²) in [5, 5.41) is 12.7. The second-order valence-electron chi connectivity index (χ2n) is 8.60. The molecule has 3 aromatic carbocycles. The van der Waals surface area contributed by atoms with E-state index >= 15 is 0 Å². The minimum absolute atomic E-state index is 0. The average Bonchev–Trinajstić information content (AvgIpc) is 3.17. The van der Waals surface area contributed by atoms with E-state index in [0.29, 0.717) is 11.3 Å². The Hall–Kier alpha value is -2.36. The molecule has 1 atom stereocenters. The van der Waals surface area contributed by atoms with Crippen LogP contribution in [-0.2, 0) is 24.9 Å². The molecule has 3 aromatic rings. The number of rotatable bonds is 8. The summed E-state index contributed by atoms with van der Waals surface area (Å²) in [7, 11) is -8.84. The number of carbonyl (C=O) groups excluding carboxylic acids is 1. The van der Waals surface area contributed by atoms with E-state index in [4.69, 9.17) is 23.2 Å². The van der Waals surface area contributed by atoms with E-state index in [0.717, 1.165) is 17.1 Å². The SMILES string of the molecule is CCN(c1ccccc1)S(=O)(=O)c1cccc(N=NC2C(=O)N(c3cc(Cl)c(S(=O)(=O)[O-])cc3Cl)N=C2C)c1C.[Na+]. The number of carbonyl (C=O) groups is 1. The van der Waals surface area contributed by atoms with Crippen LogP contribution in [0.1, 0.15) is 19.4 Å². The third kappa shape index (κ3) is 6.67. The molecular formula is C25H22Cl2N5NaO6S2. The topological polar surface area (TPSA) is 152 Å². The maximum atomic E-state index is 13.5. The van der Waals surface area contributed by atoms with E-state index in [2.05, 4.69) is 15.3 Å². The molecule has 0 aliphatic carbocycles. The van der Waals surface area contributed by atoms with Crippen LogP contribution in [0.3, 0.4) is 0 Å². The Morgan fingerprint density at radius 3 is 2.24 bits per heavy atom. The number of hydrogen-bond donors (Lipinski definition) is 0. The Kier molecular flexibility index (Phi) is 10.4. The molecule has 1 aliphatic rings. The normalized spacial score (nSPS) is 15.7. The van der Waals surface area contributed by atoms with E-state index in [1.54, 1.807) is 50.2 Å². The van der Waals surface area contributed by atoms with Crippen LogP contribution in [0.4, 0.5) is 17.1 Å². The molecule has 1 heterocycles. The summed E-state index contributed by atoms with van der Waals surface area (Å²) in [4.78, 5) is 12.5. The molecule has 41 heavy (non-hydrogen) atoms. The number of nitrogens with zero attached hydrogens (tertiary/aromatic N) is 5. The van der Waals surface area contributed by atoms with Gasteiger partial charge in [-0.2, -0.15) is 20.3 Å². The largest absolute Gasteiger partial charge is 1.00 e. The predicted molar refractivity (Wildman–Crippen MR) is 151 cm³/mol. The van der Waals surface area contributed by atoms with E-state index in [1.807, 2.05) is 0 Å². The van der Waals surface area contributed by atoms with E-state index in [-0.39, 0.29) is 63.1 Å². The predicted octanol–water partition coefficient (Wildman–Crippen LogP) is 2.30. The molecule has 1 unspecified atom stereocenters. The zero-order valence-corrected chi connectivity index (χ0v) is 27.5. The van der Waals surface area contributed by atoms with Crippen molar-refractivity contribution >= 4 is 72.0 Å². The molecule has 16 heteroatoms. The molecule has 0 fully saturated rings. The van der Waals surface area contributed by atoms with Crippen molar-refractivity contribution in [3.05, 3.63) is 76.3 Å². The Morgan fingerprint density at radius 1 is 0.976 bits per heavy atom. The molecule has 210 valence electrons. The standard InChI is InChI=1S/C25H23Cl2N5O6S2.Na/c1-4-31(17-9-6-5-7-10-17)39(34,35)22-12-8-11-20(15(22)2)28-29-24-16(3)30-32(25(24)33)21-13-19(27)23(14-18(21)26)40(36,37)38;/h5-14,24H,4H2,1-3H3,(H,36,37,38);/q;+1/p-1. The number of benzene rings is 3. The minimum atomic E-state index is -4.90. The smallest absolute Gasteiger partial charge is 0.744 e. The van der Waals surface area contributed by atoms with E-state index in [9.17, 15) is 26.2 Å². The summed E-state index contributed by atoms with van der Waals surface area (Å²) in [5.74, 6) is -0.667. The first-order valence-electron chi connectivity index (χ1n) is 11.7. The van der Waals surface area contributed by atoms with Gasteiger partial charge in [0, 0.05) is 6.54 Å². The summed E-state index contributed by atoms with van der Waals surface area (Å²) >= 11 is 12.1. The van der Waals surface area contributed by atoms with Crippen LogP contribution >= 0.6 is 23.2 Å². The molecule has 0 spiro atoms. The Balaban J connectivity index is 0.00000462. The third-order valence-corrected chi connectivity index (χ3v) is 9.68. The third-order valence-electron chi connectivity index (χ3n) is 6.03. The van der Waals surface area contributed by atoms with Crippen LogP contribution in [0.15, 0.2) is 85.8 Å². The van der Waals surface area contributed by atoms with Gasteiger partial charge in [-0.25, -0.2) is 16.8 Å². The van der Waals surface area contributed by atoms with Crippen molar-refractivity contribution in [1.82, 2.24) is 0 Å². The maximum absolute atomic E-state index is 13.5. The van der Waals surface area contributed by atoms with Gasteiger partial charge in [0.15, 0.2) is 6.04 Å². The van der Waals surface area contributed by atoms with Crippen LogP contribution in [0, 0.1) is 6.92 Å². The summed E-state index contributed by atoms with van der Waals surface area (Å²) in [6, 6.07) is 14.0. The first kappa shape index (κ1) is 33.1. The van der Waals surface area contributed by atoms with Gasteiger partial charge in [-0.1, -0.05) is 47.5 Å². The van der Waals surface area contributed by atoms with Crippen LogP contribution in [-0.4, -0.2) is 45.6 Å². The summed E-state index contributed by atoms with van der Waals surface area (Å²) in [6.45, 7) is 5.06. The molecule has 0 saturated heterocycles. The fraction of sp³-hybridized carbons (Fsp3) is 0.200. The quantitative estimate of drug-likeness (QED) is 0.208. The van der Waals surface area contributed by atoms with Gasteiger partial charge in [-0.3, -0.25) is 9.10 Å². The average molecular weight is 647 g/mol. The Bertz CT molecular complexity index is 1770. The number of hydrogen-bond acceptors (Lipinski definition) is 9. The van der Waals surface area contributed by atoms with Crippen LogP contribution in [0.25, 0.3) is 0 Å². The van der Waals surface area contributed by atoms with Gasteiger partial charge < -0.3 is 4.55 Å². The van der Waals surface area contributed by atoms with Gasteiger partial charge in [0.2, 0.25) is 0 Å². The molecule has 1 amide bonds. The Labute approximate surface area is 269 Å². The first-order chi connectivity index (χ1) is 18.8. The number of sulfonamides is 1. The Morgan fingerprint density at radius 2 is 1.63 bits per heavy atom. The molecule has 1 aliphatic heterocycles. The molecule has 0 saturated carbocycles. The number of halogens is 2. The zero-order chi connectivity index (χ0) is 29.4. The summed E-state index contributed by atoms with van der Waals surface area (Å²) in [6.07, 6.45) is 0. The van der Waals surface area contributed by atoms with Crippen LogP contribution < -0.4 is 38.9 Å². The van der Waals surface area contributed by atoms with Crippen molar-refractivity contribution in [2.45, 2.75) is 36.6 Å². The molecule has 0 aromatic heterocycles. The van der Waals surface area contributed by atoms with E-state index < -0.39 is 42.0 Å². The molecule has 11 nitrogen and oxygen atoms in total. The fourth-order valence-electron chi connectivity index (χ4n) is 4.05. The molecule has 0 radical (unpaired) electrons. The summed E-state index contributed by atoms with van der Waals surface area (Å²) < 4.78 is 62.5. The van der Waals surface area contributed by atoms with E-state index in [1.165, 1.54) is 23.4 Å². The molecule has 0 N–H and O–H groups in total. The maximum Gasteiger partial charge on any atom is 1.00 e. The number of amides is 1. The van der Waals surface area contributed by atoms with Gasteiger partial charge in [-0.15, -0.1) is 0 Å². The van der Waals surface area contributed by atoms with Gasteiger partial charge in [0.1, 0.15) is 10.1 Å². The summed E-state index contributed by atoms with van der Waals surface area (Å²) in [5.41, 5.74) is 1.27. The van der Waals surface area contributed by atoms with Crippen molar-refractivity contribution in [2.24, 2.45) is 15.3 Å². The second-order valence-corrected chi connectivity index (χ2v) is 12.6. The number of azo groups is 1. The van der Waals surface area contributed by atoms with Crippen molar-refractivity contribution in [3.8, 4) is 0 Å². The monoisotopic (exact) mass is 645 g/mol. The van der Waals surface area contributed by atoms with Crippen LogP contribution in [0.5, 0.6) is 0 Å². The molecule has 0 bridgehead atoms. The first-order valence-corrected chi connectivity index (χ1v) is 15.3.